The number of ether oxygens (including phenoxy) is 1. The molecule has 0 spiro atoms. The van der Waals surface area contributed by atoms with E-state index in [9.17, 15) is 9.90 Å². The van der Waals surface area contributed by atoms with Crippen LogP contribution >= 0.6 is 0 Å². The van der Waals surface area contributed by atoms with Crippen molar-refractivity contribution in [3.63, 3.8) is 0 Å². The molecule has 0 bridgehead atoms. The molecule has 2 heterocycles. The monoisotopic (exact) mass is 355 g/mol. The van der Waals surface area contributed by atoms with Gasteiger partial charge in [0.05, 0.1) is 6.10 Å². The molecular formula is C19H37N3O3. The number of nitrogens with one attached hydrogen (secondary N) is 1. The maximum absolute atomic E-state index is 11.9. The summed E-state index contributed by atoms with van der Waals surface area (Å²) in [5, 5.41) is 13.1. The summed E-state index contributed by atoms with van der Waals surface area (Å²) in [5.74, 6) is 0.708. The highest BCUT2D eigenvalue weighted by molar-refractivity contribution is 5.68. The highest BCUT2D eigenvalue weighted by Gasteiger charge is 2.30. The number of carbonyl (C=O) groups is 1. The van der Waals surface area contributed by atoms with Gasteiger partial charge in [0.15, 0.2) is 0 Å². The summed E-state index contributed by atoms with van der Waals surface area (Å²) >= 11 is 0. The highest BCUT2D eigenvalue weighted by atomic mass is 16.6. The number of hydrogen-bond acceptors (Lipinski definition) is 5. The second-order valence-electron chi connectivity index (χ2n) is 8.97. The third-order valence-electron chi connectivity index (χ3n) is 5.30. The van der Waals surface area contributed by atoms with Crippen molar-refractivity contribution in [3.8, 4) is 0 Å². The zero-order chi connectivity index (χ0) is 18.6. The number of nitrogens with zero attached hydrogens (tertiary/aromatic N) is 2. The molecule has 0 aromatic heterocycles. The van der Waals surface area contributed by atoms with Gasteiger partial charge in [-0.15, -0.1) is 0 Å². The van der Waals surface area contributed by atoms with Crippen LogP contribution in [0, 0.1) is 11.8 Å². The van der Waals surface area contributed by atoms with Crippen LogP contribution in [0.5, 0.6) is 0 Å². The van der Waals surface area contributed by atoms with E-state index in [-0.39, 0.29) is 18.2 Å². The molecule has 2 unspecified atom stereocenters. The minimum absolute atomic E-state index is 0.161. The second-order valence-corrected chi connectivity index (χ2v) is 8.97. The topological polar surface area (TPSA) is 65.0 Å². The number of aliphatic hydroxyl groups excluding tert-OH is 1. The smallest absolute Gasteiger partial charge is 0.407 e. The van der Waals surface area contributed by atoms with Gasteiger partial charge in [-0.25, -0.2) is 4.79 Å². The normalized spacial score (nSPS) is 30.2. The van der Waals surface area contributed by atoms with E-state index in [2.05, 4.69) is 29.0 Å². The Labute approximate surface area is 152 Å². The first kappa shape index (κ1) is 20.5. The van der Waals surface area contributed by atoms with Crippen LogP contribution in [0.3, 0.4) is 0 Å². The highest BCUT2D eigenvalue weighted by Crippen LogP contribution is 2.22. The van der Waals surface area contributed by atoms with Crippen LogP contribution in [-0.2, 0) is 4.74 Å². The third kappa shape index (κ3) is 6.76. The first-order valence-electron chi connectivity index (χ1n) is 9.76. The lowest BCUT2D eigenvalue weighted by Gasteiger charge is -2.40. The quantitative estimate of drug-likeness (QED) is 0.807. The average Bonchev–Trinajstić information content (AvgIpc) is 2.50. The molecule has 0 aromatic rings. The lowest BCUT2D eigenvalue weighted by Crippen LogP contribution is -2.51. The van der Waals surface area contributed by atoms with Crippen molar-refractivity contribution in [3.05, 3.63) is 0 Å². The molecule has 2 rings (SSSR count). The lowest BCUT2D eigenvalue weighted by atomic mass is 9.88. The Hall–Kier alpha value is -0.850. The fraction of sp³-hybridized carbons (Fsp3) is 0.947. The van der Waals surface area contributed by atoms with Crippen molar-refractivity contribution in [1.29, 1.82) is 0 Å². The lowest BCUT2D eigenvalue weighted by molar-refractivity contribution is -0.0110. The van der Waals surface area contributed by atoms with Gasteiger partial charge in [-0.1, -0.05) is 13.8 Å². The maximum atomic E-state index is 11.9. The number of carbonyl (C=O) groups excluding carboxylic acids is 1. The number of aliphatic hydroxyl groups is 1. The van der Waals surface area contributed by atoms with Crippen LogP contribution in [0.1, 0.15) is 47.5 Å². The zero-order valence-electron chi connectivity index (χ0n) is 16.6. The summed E-state index contributed by atoms with van der Waals surface area (Å²) in [6.07, 6.45) is 1.49. The molecule has 1 amide bonds. The van der Waals surface area contributed by atoms with Gasteiger partial charge >= 0.3 is 6.09 Å². The summed E-state index contributed by atoms with van der Waals surface area (Å²) in [5.41, 5.74) is -0.443. The first-order valence-corrected chi connectivity index (χ1v) is 9.76. The van der Waals surface area contributed by atoms with Gasteiger partial charge in [-0.2, -0.15) is 0 Å². The molecule has 2 N–H and O–H groups in total. The minimum Gasteiger partial charge on any atom is -0.444 e. The Morgan fingerprint density at radius 2 is 1.60 bits per heavy atom. The van der Waals surface area contributed by atoms with Crippen LogP contribution in [-0.4, -0.2) is 78.0 Å². The van der Waals surface area contributed by atoms with Crippen LogP contribution in [0.4, 0.5) is 4.79 Å². The molecule has 2 fully saturated rings. The van der Waals surface area contributed by atoms with E-state index in [1.54, 1.807) is 0 Å². The summed E-state index contributed by atoms with van der Waals surface area (Å²) in [4.78, 5) is 16.8. The molecule has 2 aliphatic heterocycles. The van der Waals surface area contributed by atoms with E-state index >= 15 is 0 Å². The molecule has 146 valence electrons. The summed E-state index contributed by atoms with van der Waals surface area (Å²) in [7, 11) is 0. The van der Waals surface area contributed by atoms with Gasteiger partial charge in [0.1, 0.15) is 5.60 Å². The van der Waals surface area contributed by atoms with Gasteiger partial charge in [0.25, 0.3) is 0 Å². The van der Waals surface area contributed by atoms with E-state index in [1.165, 1.54) is 0 Å². The van der Waals surface area contributed by atoms with Crippen molar-refractivity contribution in [2.75, 3.05) is 39.3 Å². The SMILES string of the molecule is CC1CN(CCN2CCC(NC(=O)OC(C)(C)C)CC2)C[C@H](C)C1O. The molecule has 2 aliphatic rings. The van der Waals surface area contributed by atoms with Crippen molar-refractivity contribution < 1.29 is 14.6 Å². The van der Waals surface area contributed by atoms with Gasteiger partial charge in [-0.05, 0) is 45.4 Å². The Kier molecular flexibility index (Phi) is 7.11. The first-order chi connectivity index (χ1) is 11.6. The predicted octanol–water partition coefficient (Wildman–Crippen LogP) is 1.92. The van der Waals surface area contributed by atoms with Gasteiger partial charge in [0.2, 0.25) is 0 Å². The summed E-state index contributed by atoms with van der Waals surface area (Å²) in [6.45, 7) is 16.1. The average molecular weight is 356 g/mol. The molecule has 25 heavy (non-hydrogen) atoms. The molecule has 0 radical (unpaired) electrons. The van der Waals surface area contributed by atoms with Crippen LogP contribution in [0.25, 0.3) is 0 Å². The molecule has 6 nitrogen and oxygen atoms in total. The minimum atomic E-state index is -0.443. The molecule has 0 aromatic carbocycles. The molecule has 6 heteroatoms. The Morgan fingerprint density at radius 3 is 2.12 bits per heavy atom. The van der Waals surface area contributed by atoms with E-state index in [4.69, 9.17) is 4.74 Å². The number of likely N-dealkylation sites (tertiary alicyclic amines) is 2. The second kappa shape index (κ2) is 8.69. The van der Waals surface area contributed by atoms with Gasteiger partial charge < -0.3 is 25.0 Å². The van der Waals surface area contributed by atoms with Crippen molar-refractivity contribution in [1.82, 2.24) is 15.1 Å². The van der Waals surface area contributed by atoms with Gasteiger partial charge in [0, 0.05) is 45.3 Å². The van der Waals surface area contributed by atoms with Crippen molar-refractivity contribution in [2.45, 2.75) is 65.2 Å². The Balaban J connectivity index is 1.65. The van der Waals surface area contributed by atoms with E-state index in [0.717, 1.165) is 52.1 Å². The number of amides is 1. The summed E-state index contributed by atoms with van der Waals surface area (Å²) in [6, 6.07) is 0.219. The fourth-order valence-electron chi connectivity index (χ4n) is 3.91. The van der Waals surface area contributed by atoms with Gasteiger partial charge in [-0.3, -0.25) is 0 Å². The fourth-order valence-corrected chi connectivity index (χ4v) is 3.91. The maximum Gasteiger partial charge on any atom is 0.407 e. The van der Waals surface area contributed by atoms with Crippen LogP contribution < -0.4 is 5.32 Å². The standard InChI is InChI=1S/C19H37N3O3/c1-14-12-22(13-15(2)17(14)23)11-10-21-8-6-16(7-9-21)20-18(24)25-19(3,4)5/h14-17,23H,6-13H2,1-5H3,(H,20,24)/t14-,15?,17?/m0/s1. The van der Waals surface area contributed by atoms with Crippen molar-refractivity contribution in [2.24, 2.45) is 11.8 Å². The van der Waals surface area contributed by atoms with Crippen molar-refractivity contribution >= 4 is 6.09 Å². The third-order valence-corrected chi connectivity index (χ3v) is 5.30. The molecule has 0 aliphatic carbocycles. The number of piperidine rings is 2. The predicted molar refractivity (Wildman–Crippen MR) is 99.6 cm³/mol. The molecule has 2 saturated heterocycles. The number of alkyl carbamates (subject to hydrolysis) is 1. The summed E-state index contributed by atoms with van der Waals surface area (Å²) < 4.78 is 5.33. The Bertz CT molecular complexity index is 418. The van der Waals surface area contributed by atoms with E-state index in [1.807, 2.05) is 20.8 Å². The molecule has 3 atom stereocenters. The number of rotatable bonds is 4. The van der Waals surface area contributed by atoms with Crippen LogP contribution in [0.15, 0.2) is 0 Å². The molecule has 0 saturated carbocycles. The van der Waals surface area contributed by atoms with E-state index in [0.29, 0.717) is 11.8 Å². The Morgan fingerprint density at radius 1 is 1.08 bits per heavy atom. The largest absolute Gasteiger partial charge is 0.444 e. The van der Waals surface area contributed by atoms with Crippen LogP contribution in [0.2, 0.25) is 0 Å². The molecular weight excluding hydrogens is 318 g/mol. The zero-order valence-corrected chi connectivity index (χ0v) is 16.6. The number of hydrogen-bond donors (Lipinski definition) is 2. The van der Waals surface area contributed by atoms with E-state index < -0.39 is 5.60 Å².